The van der Waals surface area contributed by atoms with E-state index >= 15 is 0 Å². The van der Waals surface area contributed by atoms with E-state index in [0.29, 0.717) is 11.8 Å². The Morgan fingerprint density at radius 3 is 2.47 bits per heavy atom. The van der Waals surface area contributed by atoms with Crippen LogP contribution in [-0.2, 0) is 14.9 Å². The van der Waals surface area contributed by atoms with Crippen molar-refractivity contribution < 1.29 is 9.53 Å². The molecule has 1 saturated heterocycles. The molecular formula is C27H41NO2. The van der Waals surface area contributed by atoms with Crippen molar-refractivity contribution >= 4 is 5.97 Å². The zero-order valence-electron chi connectivity index (χ0n) is 19.3. The normalized spacial score (nSPS) is 32.6. The Morgan fingerprint density at radius 1 is 1.10 bits per heavy atom. The van der Waals surface area contributed by atoms with E-state index in [1.165, 1.54) is 50.5 Å². The van der Waals surface area contributed by atoms with E-state index in [1.54, 1.807) is 0 Å². The summed E-state index contributed by atoms with van der Waals surface area (Å²) in [7, 11) is 0. The van der Waals surface area contributed by atoms with E-state index in [4.69, 9.17) is 4.74 Å². The van der Waals surface area contributed by atoms with Gasteiger partial charge in [0.25, 0.3) is 0 Å². The lowest BCUT2D eigenvalue weighted by molar-refractivity contribution is -0.160. The van der Waals surface area contributed by atoms with Gasteiger partial charge in [-0.05, 0) is 48.5 Å². The van der Waals surface area contributed by atoms with Crippen molar-refractivity contribution in [3.8, 4) is 0 Å². The minimum atomic E-state index is -0.389. The molecule has 3 heteroatoms. The summed E-state index contributed by atoms with van der Waals surface area (Å²) < 4.78 is 6.35. The van der Waals surface area contributed by atoms with Gasteiger partial charge in [0.05, 0.1) is 0 Å². The first kappa shape index (κ1) is 21.9. The van der Waals surface area contributed by atoms with Gasteiger partial charge in [-0.3, -0.25) is 5.32 Å². The van der Waals surface area contributed by atoms with E-state index in [2.05, 4.69) is 56.4 Å². The van der Waals surface area contributed by atoms with Crippen LogP contribution >= 0.6 is 0 Å². The van der Waals surface area contributed by atoms with Gasteiger partial charge in [0.15, 0.2) is 0 Å². The van der Waals surface area contributed by atoms with Crippen molar-refractivity contribution in [2.45, 2.75) is 102 Å². The van der Waals surface area contributed by atoms with E-state index in [9.17, 15) is 4.79 Å². The molecule has 1 aromatic rings. The van der Waals surface area contributed by atoms with Crippen LogP contribution in [0.5, 0.6) is 0 Å². The van der Waals surface area contributed by atoms with Crippen LogP contribution < -0.4 is 5.32 Å². The van der Waals surface area contributed by atoms with Gasteiger partial charge in [0.2, 0.25) is 0 Å². The molecule has 0 bridgehead atoms. The number of hydrogen-bond acceptors (Lipinski definition) is 3. The van der Waals surface area contributed by atoms with Crippen LogP contribution in [0.3, 0.4) is 0 Å². The predicted molar refractivity (Wildman–Crippen MR) is 122 cm³/mol. The van der Waals surface area contributed by atoms with Gasteiger partial charge in [0.1, 0.15) is 11.6 Å². The van der Waals surface area contributed by atoms with Crippen LogP contribution in [0.15, 0.2) is 30.3 Å². The minimum absolute atomic E-state index is 0.00140. The third-order valence-corrected chi connectivity index (χ3v) is 8.46. The molecule has 2 aliphatic carbocycles. The molecule has 30 heavy (non-hydrogen) atoms. The number of esters is 1. The van der Waals surface area contributed by atoms with Crippen molar-refractivity contribution in [2.24, 2.45) is 17.8 Å². The summed E-state index contributed by atoms with van der Waals surface area (Å²) in [4.78, 5) is 13.3. The molecule has 3 aliphatic rings. The second kappa shape index (κ2) is 9.02. The zero-order chi connectivity index (χ0) is 21.2. The van der Waals surface area contributed by atoms with E-state index in [-0.39, 0.29) is 23.0 Å². The van der Waals surface area contributed by atoms with Crippen LogP contribution in [0.4, 0.5) is 0 Å². The molecule has 3 nitrogen and oxygen atoms in total. The highest BCUT2D eigenvalue weighted by Crippen LogP contribution is 2.44. The molecule has 2 saturated carbocycles. The standard InChI is InChI=1S/C27H41NO2/c1-20-14-15-23(26(2,3)22-12-8-5-9-13-22)24(18-20)30-25(29)27(19-28-27)17-16-21-10-6-4-7-11-21/h5,8-9,12-13,20-21,23-24,28H,4,6-7,10-11,14-19H2,1-3H3/t20-,23-,24-,27-/m1/s1. The Kier molecular flexibility index (Phi) is 6.58. The molecule has 0 aromatic heterocycles. The van der Waals surface area contributed by atoms with Gasteiger partial charge in [0, 0.05) is 12.5 Å². The lowest BCUT2D eigenvalue weighted by Crippen LogP contribution is -2.45. The highest BCUT2D eigenvalue weighted by molar-refractivity contribution is 5.84. The monoisotopic (exact) mass is 411 g/mol. The summed E-state index contributed by atoms with van der Waals surface area (Å²) in [6.45, 7) is 7.77. The number of rotatable bonds is 7. The number of carbonyl (C=O) groups is 1. The predicted octanol–water partition coefficient (Wildman–Crippen LogP) is 6.01. The Bertz CT molecular complexity index is 703. The maximum Gasteiger partial charge on any atom is 0.327 e. The van der Waals surface area contributed by atoms with Crippen LogP contribution in [0.2, 0.25) is 0 Å². The molecular weight excluding hydrogens is 370 g/mol. The van der Waals surface area contributed by atoms with Crippen LogP contribution in [0, 0.1) is 17.8 Å². The van der Waals surface area contributed by atoms with Gasteiger partial charge in [-0.1, -0.05) is 89.6 Å². The van der Waals surface area contributed by atoms with E-state index < -0.39 is 0 Å². The van der Waals surface area contributed by atoms with Crippen molar-refractivity contribution in [3.63, 3.8) is 0 Å². The lowest BCUT2D eigenvalue weighted by Gasteiger charge is -2.44. The molecule has 1 aromatic carbocycles. The van der Waals surface area contributed by atoms with Crippen LogP contribution in [-0.4, -0.2) is 24.2 Å². The Hall–Kier alpha value is -1.35. The second-order valence-electron chi connectivity index (χ2n) is 11.0. The fourth-order valence-electron chi connectivity index (χ4n) is 6.07. The number of nitrogens with one attached hydrogen (secondary N) is 1. The van der Waals surface area contributed by atoms with Crippen molar-refractivity contribution in [2.75, 3.05) is 6.54 Å². The third kappa shape index (κ3) is 4.77. The maximum absolute atomic E-state index is 13.3. The SMILES string of the molecule is C[C@@H]1CC[C@@H](C(C)(C)c2ccccc2)[C@H](OC(=O)[C@@]2(CCC3CCCCC3)CN2)C1. The summed E-state index contributed by atoms with van der Waals surface area (Å²) in [6.07, 6.45) is 12.3. The lowest BCUT2D eigenvalue weighted by atomic mass is 9.64. The van der Waals surface area contributed by atoms with Gasteiger partial charge in [-0.2, -0.15) is 0 Å². The highest BCUT2D eigenvalue weighted by atomic mass is 16.5. The summed E-state index contributed by atoms with van der Waals surface area (Å²) in [6, 6.07) is 10.8. The number of hydrogen-bond donors (Lipinski definition) is 1. The minimum Gasteiger partial charge on any atom is -0.461 e. The zero-order valence-corrected chi connectivity index (χ0v) is 19.3. The molecule has 0 spiro atoms. The number of benzene rings is 1. The number of carbonyl (C=O) groups excluding carboxylic acids is 1. The summed E-state index contributed by atoms with van der Waals surface area (Å²) in [5.74, 6) is 1.82. The Morgan fingerprint density at radius 2 is 1.80 bits per heavy atom. The fraction of sp³-hybridized carbons (Fsp3) is 0.741. The van der Waals surface area contributed by atoms with Gasteiger partial charge in [-0.25, -0.2) is 4.79 Å². The summed E-state index contributed by atoms with van der Waals surface area (Å²) in [5.41, 5.74) is 0.959. The molecule has 1 aliphatic heterocycles. The van der Waals surface area contributed by atoms with Crippen molar-refractivity contribution in [3.05, 3.63) is 35.9 Å². The first-order valence-corrected chi connectivity index (χ1v) is 12.4. The first-order chi connectivity index (χ1) is 14.4. The molecule has 3 fully saturated rings. The van der Waals surface area contributed by atoms with E-state index in [0.717, 1.165) is 31.7 Å². The molecule has 166 valence electrons. The first-order valence-electron chi connectivity index (χ1n) is 12.4. The smallest absolute Gasteiger partial charge is 0.327 e. The summed E-state index contributed by atoms with van der Waals surface area (Å²) >= 11 is 0. The van der Waals surface area contributed by atoms with Crippen LogP contribution in [0.25, 0.3) is 0 Å². The van der Waals surface area contributed by atoms with Crippen molar-refractivity contribution in [1.82, 2.24) is 5.32 Å². The third-order valence-electron chi connectivity index (χ3n) is 8.46. The van der Waals surface area contributed by atoms with Gasteiger partial charge in [-0.15, -0.1) is 0 Å². The topological polar surface area (TPSA) is 48.2 Å². The molecule has 4 rings (SSSR count). The highest BCUT2D eigenvalue weighted by Gasteiger charge is 2.53. The Labute approximate surface area is 183 Å². The average Bonchev–Trinajstić information content (AvgIpc) is 3.55. The molecule has 1 heterocycles. The molecule has 0 unspecified atom stereocenters. The molecule has 0 amide bonds. The van der Waals surface area contributed by atoms with Gasteiger partial charge >= 0.3 is 5.97 Å². The average molecular weight is 412 g/mol. The fourth-order valence-corrected chi connectivity index (χ4v) is 6.07. The largest absolute Gasteiger partial charge is 0.461 e. The summed E-state index contributed by atoms with van der Waals surface area (Å²) in [5, 5.41) is 3.40. The second-order valence-corrected chi connectivity index (χ2v) is 11.0. The number of ether oxygens (including phenoxy) is 1. The Balaban J connectivity index is 1.42. The van der Waals surface area contributed by atoms with Crippen molar-refractivity contribution in [1.29, 1.82) is 0 Å². The van der Waals surface area contributed by atoms with E-state index in [1.807, 2.05) is 0 Å². The molecule has 4 atom stereocenters. The quantitative estimate of drug-likeness (QED) is 0.441. The van der Waals surface area contributed by atoms with Crippen LogP contribution in [0.1, 0.15) is 90.5 Å². The maximum atomic E-state index is 13.3. The van der Waals surface area contributed by atoms with Gasteiger partial charge < -0.3 is 4.74 Å². The molecule has 0 radical (unpaired) electrons. The molecule has 1 N–H and O–H groups in total.